The van der Waals surface area contributed by atoms with Gasteiger partial charge in [-0.05, 0) is 23.8 Å². The molecule has 0 aliphatic heterocycles. The highest BCUT2D eigenvalue weighted by atomic mass is 35.5. The standard InChI is InChI=1S/C16H15Cl2NO3S/c17-13-6-7-14(18)15(10-13)19-16(20)8-9-23(21,22)11-12-4-2-1-3-5-12/h1-7,10H,8-9,11H2,(H,19,20). The number of anilines is 1. The maximum atomic E-state index is 12.1. The number of nitrogens with one attached hydrogen (secondary N) is 1. The van der Waals surface area contributed by atoms with Crippen LogP contribution in [0.2, 0.25) is 10.0 Å². The minimum atomic E-state index is -3.36. The van der Waals surface area contributed by atoms with E-state index in [-0.39, 0.29) is 17.9 Å². The summed E-state index contributed by atoms with van der Waals surface area (Å²) < 4.78 is 24.1. The average Bonchev–Trinajstić information content (AvgIpc) is 2.50. The van der Waals surface area contributed by atoms with Gasteiger partial charge in [-0.25, -0.2) is 8.42 Å². The van der Waals surface area contributed by atoms with E-state index in [2.05, 4.69) is 5.32 Å². The van der Waals surface area contributed by atoms with Crippen molar-refractivity contribution in [3.63, 3.8) is 0 Å². The van der Waals surface area contributed by atoms with Gasteiger partial charge in [-0.3, -0.25) is 4.79 Å². The Hall–Kier alpha value is -1.56. The topological polar surface area (TPSA) is 63.2 Å². The molecule has 0 heterocycles. The zero-order valence-corrected chi connectivity index (χ0v) is 14.5. The second-order valence-electron chi connectivity index (χ2n) is 5.00. The van der Waals surface area contributed by atoms with Gasteiger partial charge < -0.3 is 5.32 Å². The summed E-state index contributed by atoms with van der Waals surface area (Å²) in [5.41, 5.74) is 1.07. The molecule has 0 aromatic heterocycles. The van der Waals surface area contributed by atoms with Crippen molar-refractivity contribution in [2.24, 2.45) is 0 Å². The second-order valence-corrected chi connectivity index (χ2v) is 8.03. The van der Waals surface area contributed by atoms with E-state index in [0.29, 0.717) is 21.3 Å². The molecule has 0 aliphatic carbocycles. The van der Waals surface area contributed by atoms with Gasteiger partial charge in [0.2, 0.25) is 5.91 Å². The van der Waals surface area contributed by atoms with E-state index in [1.54, 1.807) is 36.4 Å². The molecule has 1 amide bonds. The van der Waals surface area contributed by atoms with E-state index in [4.69, 9.17) is 23.2 Å². The molecule has 7 heteroatoms. The average molecular weight is 372 g/mol. The number of carbonyl (C=O) groups excluding carboxylic acids is 1. The summed E-state index contributed by atoms with van der Waals surface area (Å²) in [6, 6.07) is 13.5. The first-order chi connectivity index (χ1) is 10.9. The van der Waals surface area contributed by atoms with Crippen LogP contribution in [0.3, 0.4) is 0 Å². The Morgan fingerprint density at radius 1 is 1.04 bits per heavy atom. The van der Waals surface area contributed by atoms with Gasteiger partial charge in [0.15, 0.2) is 9.84 Å². The number of sulfone groups is 1. The maximum Gasteiger partial charge on any atom is 0.225 e. The first-order valence-corrected chi connectivity index (χ1v) is 9.43. The molecule has 0 radical (unpaired) electrons. The fourth-order valence-electron chi connectivity index (χ4n) is 1.95. The predicted molar refractivity (Wildman–Crippen MR) is 93.6 cm³/mol. The van der Waals surface area contributed by atoms with E-state index < -0.39 is 15.7 Å². The first-order valence-electron chi connectivity index (χ1n) is 6.85. The largest absolute Gasteiger partial charge is 0.325 e. The van der Waals surface area contributed by atoms with Crippen LogP contribution < -0.4 is 5.32 Å². The van der Waals surface area contributed by atoms with Crippen LogP contribution in [-0.2, 0) is 20.4 Å². The molecule has 2 rings (SSSR count). The predicted octanol–water partition coefficient (Wildman–Crippen LogP) is 3.94. The molecule has 23 heavy (non-hydrogen) atoms. The lowest BCUT2D eigenvalue weighted by atomic mass is 10.2. The molecule has 1 N–H and O–H groups in total. The highest BCUT2D eigenvalue weighted by Gasteiger charge is 2.15. The number of halogens is 2. The van der Waals surface area contributed by atoms with Crippen molar-refractivity contribution in [1.29, 1.82) is 0 Å². The molecule has 4 nitrogen and oxygen atoms in total. The van der Waals surface area contributed by atoms with Crippen LogP contribution in [0.15, 0.2) is 48.5 Å². The van der Waals surface area contributed by atoms with Crippen molar-refractivity contribution in [3.05, 3.63) is 64.1 Å². The highest BCUT2D eigenvalue weighted by Crippen LogP contribution is 2.25. The van der Waals surface area contributed by atoms with E-state index >= 15 is 0 Å². The van der Waals surface area contributed by atoms with Crippen LogP contribution in [0.25, 0.3) is 0 Å². The fourth-order valence-corrected chi connectivity index (χ4v) is 3.63. The lowest BCUT2D eigenvalue weighted by Gasteiger charge is -2.08. The summed E-state index contributed by atoms with van der Waals surface area (Å²) in [6.07, 6.45) is -0.141. The molecule has 0 unspecified atom stereocenters. The van der Waals surface area contributed by atoms with E-state index in [9.17, 15) is 13.2 Å². The van der Waals surface area contributed by atoms with Crippen molar-refractivity contribution < 1.29 is 13.2 Å². The third kappa shape index (κ3) is 5.86. The lowest BCUT2D eigenvalue weighted by Crippen LogP contribution is -2.18. The Morgan fingerprint density at radius 2 is 1.74 bits per heavy atom. The third-order valence-corrected chi connectivity index (χ3v) is 5.24. The van der Waals surface area contributed by atoms with Crippen LogP contribution in [0.1, 0.15) is 12.0 Å². The van der Waals surface area contributed by atoms with Crippen LogP contribution in [0.5, 0.6) is 0 Å². The molecule has 2 aromatic rings. The SMILES string of the molecule is O=C(CCS(=O)(=O)Cc1ccccc1)Nc1cc(Cl)ccc1Cl. The molecule has 0 saturated carbocycles. The molecule has 0 bridgehead atoms. The summed E-state index contributed by atoms with van der Waals surface area (Å²) in [7, 11) is -3.36. The Bertz CT molecular complexity index is 792. The molecular formula is C16H15Cl2NO3S. The summed E-state index contributed by atoms with van der Waals surface area (Å²) in [5, 5.41) is 3.34. The zero-order chi connectivity index (χ0) is 16.9. The summed E-state index contributed by atoms with van der Waals surface area (Å²) >= 11 is 11.8. The number of amides is 1. The van der Waals surface area contributed by atoms with E-state index in [1.165, 1.54) is 6.07 Å². The van der Waals surface area contributed by atoms with Crippen molar-refractivity contribution in [2.75, 3.05) is 11.1 Å². The lowest BCUT2D eigenvalue weighted by molar-refractivity contribution is -0.115. The van der Waals surface area contributed by atoms with E-state index in [0.717, 1.165) is 0 Å². The summed E-state index contributed by atoms with van der Waals surface area (Å²) in [5.74, 6) is -0.740. The van der Waals surface area contributed by atoms with Crippen LogP contribution in [-0.4, -0.2) is 20.1 Å². The minimum Gasteiger partial charge on any atom is -0.325 e. The molecule has 0 fully saturated rings. The molecular weight excluding hydrogens is 357 g/mol. The van der Waals surface area contributed by atoms with Crippen molar-refractivity contribution in [3.8, 4) is 0 Å². The summed E-state index contributed by atoms with van der Waals surface area (Å²) in [6.45, 7) is 0. The number of benzene rings is 2. The van der Waals surface area contributed by atoms with E-state index in [1.807, 2.05) is 6.07 Å². The molecule has 0 spiro atoms. The summed E-state index contributed by atoms with van der Waals surface area (Å²) in [4.78, 5) is 11.9. The Morgan fingerprint density at radius 3 is 2.43 bits per heavy atom. The molecule has 122 valence electrons. The minimum absolute atomic E-state index is 0.0843. The van der Waals surface area contributed by atoms with Crippen molar-refractivity contribution in [2.45, 2.75) is 12.2 Å². The third-order valence-electron chi connectivity index (χ3n) is 3.07. The Balaban J connectivity index is 1.92. The van der Waals surface area contributed by atoms with Gasteiger partial charge in [0.1, 0.15) is 0 Å². The van der Waals surface area contributed by atoms with Crippen LogP contribution in [0.4, 0.5) is 5.69 Å². The van der Waals surface area contributed by atoms with Gasteiger partial charge in [0.25, 0.3) is 0 Å². The van der Waals surface area contributed by atoms with Gasteiger partial charge in [-0.1, -0.05) is 53.5 Å². The van der Waals surface area contributed by atoms with Gasteiger partial charge in [-0.15, -0.1) is 0 Å². The maximum absolute atomic E-state index is 12.1. The van der Waals surface area contributed by atoms with Crippen molar-refractivity contribution >= 4 is 44.6 Å². The molecule has 0 aliphatic rings. The van der Waals surface area contributed by atoms with Crippen LogP contribution >= 0.6 is 23.2 Å². The molecule has 2 aromatic carbocycles. The molecule has 0 atom stereocenters. The van der Waals surface area contributed by atoms with Crippen LogP contribution in [0, 0.1) is 0 Å². The number of carbonyl (C=O) groups is 1. The monoisotopic (exact) mass is 371 g/mol. The number of rotatable bonds is 6. The van der Waals surface area contributed by atoms with Gasteiger partial charge in [0, 0.05) is 11.4 Å². The quantitative estimate of drug-likeness (QED) is 0.836. The fraction of sp³-hybridized carbons (Fsp3) is 0.188. The second kappa shape index (κ2) is 7.81. The van der Waals surface area contributed by atoms with Gasteiger partial charge in [-0.2, -0.15) is 0 Å². The van der Waals surface area contributed by atoms with Gasteiger partial charge in [0.05, 0.1) is 22.2 Å². The Kier molecular flexibility index (Phi) is 6.04. The van der Waals surface area contributed by atoms with Crippen molar-refractivity contribution in [1.82, 2.24) is 0 Å². The number of hydrogen-bond acceptors (Lipinski definition) is 3. The normalized spacial score (nSPS) is 11.2. The van der Waals surface area contributed by atoms with Gasteiger partial charge >= 0.3 is 0 Å². The first kappa shape index (κ1) is 17.8. The number of hydrogen-bond donors (Lipinski definition) is 1. The highest BCUT2D eigenvalue weighted by molar-refractivity contribution is 7.90. The Labute approximate surface area is 145 Å². The zero-order valence-electron chi connectivity index (χ0n) is 12.1. The molecule has 0 saturated heterocycles. The smallest absolute Gasteiger partial charge is 0.225 e.